The summed E-state index contributed by atoms with van der Waals surface area (Å²) < 4.78 is 0.918. The molecule has 3 N–H and O–H groups in total. The van der Waals surface area contributed by atoms with Gasteiger partial charge in [0, 0.05) is 16.1 Å². The van der Waals surface area contributed by atoms with Gasteiger partial charge in [0.1, 0.15) is 11.7 Å². The van der Waals surface area contributed by atoms with Crippen LogP contribution in [-0.4, -0.2) is 28.9 Å². The molecule has 6 nitrogen and oxygen atoms in total. The molecule has 0 spiro atoms. The summed E-state index contributed by atoms with van der Waals surface area (Å²) >= 11 is 19.3. The van der Waals surface area contributed by atoms with Gasteiger partial charge in [0.05, 0.1) is 14.9 Å². The quantitative estimate of drug-likeness (QED) is 0.211. The molecule has 1 aromatic heterocycles. The van der Waals surface area contributed by atoms with Crippen LogP contribution in [-0.2, 0) is 16.0 Å². The minimum Gasteiger partial charge on any atom is -0.480 e. The van der Waals surface area contributed by atoms with Crippen LogP contribution in [0.5, 0.6) is 0 Å². The van der Waals surface area contributed by atoms with Crippen LogP contribution in [0.15, 0.2) is 78.5 Å². The first-order valence-corrected chi connectivity index (χ1v) is 12.9. The number of benzene rings is 3. The van der Waals surface area contributed by atoms with Gasteiger partial charge in [-0.25, -0.2) is 4.79 Å². The Bertz CT molecular complexity index is 1480. The van der Waals surface area contributed by atoms with Crippen LogP contribution >= 0.6 is 46.1 Å². The molecule has 0 bridgehead atoms. The second kappa shape index (κ2) is 11.8. The van der Waals surface area contributed by atoms with Crippen molar-refractivity contribution in [2.75, 3.05) is 0 Å². The number of halogens is 3. The molecule has 188 valence electrons. The Hall–Kier alpha value is -3.36. The highest BCUT2D eigenvalue weighted by Crippen LogP contribution is 2.26. The first kappa shape index (κ1) is 26.7. The molecule has 4 aromatic rings. The van der Waals surface area contributed by atoms with Gasteiger partial charge in [-0.15, -0.1) is 11.3 Å². The standard InChI is InChI=1S/C27H19Cl3N2O4S/c28-18-8-5-15(6-9-18)12-22(27(35)36)32-25(33)21(13-16-7-10-19(29)20(30)11-16)31-26(34)24-14-17-3-1-2-4-23(17)37-24/h1-11,13-14,22H,12H2,(H,31,34)(H,32,33)(H,35,36)/b21-13-/t22-/m0/s1. The zero-order chi connectivity index (χ0) is 26.5. The largest absolute Gasteiger partial charge is 0.480 e. The number of aliphatic carboxylic acids is 1. The molecule has 0 aliphatic heterocycles. The third kappa shape index (κ3) is 6.90. The second-order valence-corrected chi connectivity index (χ2v) is 10.4. The monoisotopic (exact) mass is 572 g/mol. The highest BCUT2D eigenvalue weighted by molar-refractivity contribution is 7.20. The molecule has 0 radical (unpaired) electrons. The summed E-state index contributed by atoms with van der Waals surface area (Å²) in [5.41, 5.74) is 1.00. The predicted octanol–water partition coefficient (Wildman–Crippen LogP) is 6.44. The molecular formula is C27H19Cl3N2O4S. The van der Waals surface area contributed by atoms with Gasteiger partial charge in [0.15, 0.2) is 0 Å². The molecule has 0 unspecified atom stereocenters. The number of rotatable bonds is 8. The van der Waals surface area contributed by atoms with E-state index < -0.39 is 23.8 Å². The molecule has 2 amide bonds. The highest BCUT2D eigenvalue weighted by Gasteiger charge is 2.24. The van der Waals surface area contributed by atoms with Crippen molar-refractivity contribution in [1.82, 2.24) is 10.6 Å². The van der Waals surface area contributed by atoms with Gasteiger partial charge in [-0.05, 0) is 59.0 Å². The fourth-order valence-electron chi connectivity index (χ4n) is 3.50. The second-order valence-electron chi connectivity index (χ2n) is 8.03. The van der Waals surface area contributed by atoms with Crippen molar-refractivity contribution in [2.45, 2.75) is 12.5 Å². The molecule has 0 saturated heterocycles. The van der Waals surface area contributed by atoms with Gasteiger partial charge < -0.3 is 15.7 Å². The summed E-state index contributed by atoms with van der Waals surface area (Å²) in [7, 11) is 0. The van der Waals surface area contributed by atoms with Gasteiger partial charge >= 0.3 is 5.97 Å². The van der Waals surface area contributed by atoms with Crippen molar-refractivity contribution in [3.8, 4) is 0 Å². The van der Waals surface area contributed by atoms with Crippen molar-refractivity contribution < 1.29 is 19.5 Å². The Balaban J connectivity index is 1.62. The van der Waals surface area contributed by atoms with Gasteiger partial charge in [0.25, 0.3) is 11.8 Å². The Morgan fingerprint density at radius 2 is 1.65 bits per heavy atom. The topological polar surface area (TPSA) is 95.5 Å². The number of carbonyl (C=O) groups excluding carboxylic acids is 2. The Kier molecular flexibility index (Phi) is 8.51. The summed E-state index contributed by atoms with van der Waals surface area (Å²) in [4.78, 5) is 38.7. The predicted molar refractivity (Wildman–Crippen MR) is 148 cm³/mol. The van der Waals surface area contributed by atoms with E-state index in [1.165, 1.54) is 23.5 Å². The van der Waals surface area contributed by atoms with E-state index in [0.717, 1.165) is 10.1 Å². The number of thiophene rings is 1. The summed E-state index contributed by atoms with van der Waals surface area (Å²) in [6, 6.07) is 19.3. The van der Waals surface area contributed by atoms with Crippen LogP contribution in [0.25, 0.3) is 16.2 Å². The number of amides is 2. The van der Waals surface area contributed by atoms with Crippen LogP contribution < -0.4 is 10.6 Å². The van der Waals surface area contributed by atoms with Gasteiger partial charge in [-0.2, -0.15) is 0 Å². The summed E-state index contributed by atoms with van der Waals surface area (Å²) in [5, 5.41) is 16.9. The third-order valence-electron chi connectivity index (χ3n) is 5.35. The Morgan fingerprint density at radius 3 is 2.32 bits per heavy atom. The molecule has 1 heterocycles. The lowest BCUT2D eigenvalue weighted by Crippen LogP contribution is -2.45. The molecule has 0 fully saturated rings. The average molecular weight is 574 g/mol. The third-order valence-corrected chi connectivity index (χ3v) is 7.46. The SMILES string of the molecule is O=C(N[C@@H](Cc1ccc(Cl)cc1)C(=O)O)/C(=C/c1ccc(Cl)c(Cl)c1)NC(=O)c1cc2ccccc2s1. The van der Waals surface area contributed by atoms with Crippen molar-refractivity contribution in [1.29, 1.82) is 0 Å². The van der Waals surface area contributed by atoms with Crippen molar-refractivity contribution >= 4 is 80.1 Å². The zero-order valence-electron chi connectivity index (χ0n) is 19.0. The van der Waals surface area contributed by atoms with E-state index in [-0.39, 0.29) is 17.1 Å². The van der Waals surface area contributed by atoms with E-state index in [4.69, 9.17) is 34.8 Å². The molecule has 37 heavy (non-hydrogen) atoms. The minimum atomic E-state index is -1.26. The van der Waals surface area contributed by atoms with Crippen LogP contribution in [0, 0.1) is 0 Å². The number of hydrogen-bond donors (Lipinski definition) is 3. The van der Waals surface area contributed by atoms with Gasteiger partial charge in [0.2, 0.25) is 0 Å². The molecule has 1 atom stereocenters. The van der Waals surface area contributed by atoms with Crippen LogP contribution in [0.2, 0.25) is 15.1 Å². The summed E-state index contributed by atoms with van der Waals surface area (Å²) in [6.45, 7) is 0. The molecule has 4 rings (SSSR count). The lowest BCUT2D eigenvalue weighted by molar-refractivity contribution is -0.141. The van der Waals surface area contributed by atoms with Crippen LogP contribution in [0.1, 0.15) is 20.8 Å². The number of nitrogens with one attached hydrogen (secondary N) is 2. The Morgan fingerprint density at radius 1 is 0.919 bits per heavy atom. The van der Waals surface area contributed by atoms with E-state index in [2.05, 4.69) is 10.6 Å². The molecule has 10 heteroatoms. The lowest BCUT2D eigenvalue weighted by Gasteiger charge is -2.17. The lowest BCUT2D eigenvalue weighted by atomic mass is 10.1. The smallest absolute Gasteiger partial charge is 0.326 e. The molecule has 3 aromatic carbocycles. The molecule has 0 aliphatic carbocycles. The Labute approximate surface area is 231 Å². The van der Waals surface area contributed by atoms with E-state index in [9.17, 15) is 19.5 Å². The van der Waals surface area contributed by atoms with Gasteiger partial charge in [-0.3, -0.25) is 9.59 Å². The maximum absolute atomic E-state index is 13.3. The number of carboxylic acid groups (broad SMARTS) is 1. The fraction of sp³-hybridized carbons (Fsp3) is 0.0741. The highest BCUT2D eigenvalue weighted by atomic mass is 35.5. The maximum Gasteiger partial charge on any atom is 0.326 e. The van der Waals surface area contributed by atoms with E-state index in [1.807, 2.05) is 24.3 Å². The maximum atomic E-state index is 13.3. The number of carboxylic acids is 1. The first-order valence-electron chi connectivity index (χ1n) is 10.9. The summed E-state index contributed by atoms with van der Waals surface area (Å²) in [5.74, 6) is -2.51. The van der Waals surface area contributed by atoms with Crippen molar-refractivity contribution in [3.05, 3.63) is 110 Å². The minimum absolute atomic E-state index is 0.0164. The van der Waals surface area contributed by atoms with E-state index >= 15 is 0 Å². The fourth-order valence-corrected chi connectivity index (χ4v) is 4.89. The van der Waals surface area contributed by atoms with E-state index in [1.54, 1.807) is 42.5 Å². The normalized spacial score (nSPS) is 12.2. The number of hydrogen-bond acceptors (Lipinski definition) is 4. The number of carbonyl (C=O) groups is 3. The molecule has 0 saturated carbocycles. The van der Waals surface area contributed by atoms with Crippen molar-refractivity contribution in [3.63, 3.8) is 0 Å². The molecule has 0 aliphatic rings. The van der Waals surface area contributed by atoms with Crippen LogP contribution in [0.4, 0.5) is 0 Å². The van der Waals surface area contributed by atoms with Crippen LogP contribution in [0.3, 0.4) is 0 Å². The van der Waals surface area contributed by atoms with Crippen molar-refractivity contribution in [2.24, 2.45) is 0 Å². The molecular weight excluding hydrogens is 555 g/mol. The summed E-state index contributed by atoms with van der Waals surface area (Å²) in [6.07, 6.45) is 1.42. The van der Waals surface area contributed by atoms with E-state index in [0.29, 0.717) is 26.0 Å². The number of fused-ring (bicyclic) bond motifs is 1. The first-order chi connectivity index (χ1) is 17.7. The average Bonchev–Trinajstić information content (AvgIpc) is 3.31. The zero-order valence-corrected chi connectivity index (χ0v) is 22.1. The van der Waals surface area contributed by atoms with Gasteiger partial charge in [-0.1, -0.05) is 71.2 Å².